The first-order valence-corrected chi connectivity index (χ1v) is 27.6. The molecule has 8 aromatic rings. The van der Waals surface area contributed by atoms with Crippen LogP contribution >= 0.6 is 23.2 Å². The summed E-state index contributed by atoms with van der Waals surface area (Å²) < 4.78 is 97.0. The molecule has 0 saturated heterocycles. The maximum absolute atomic E-state index is 13.7. The van der Waals surface area contributed by atoms with Crippen LogP contribution in [0.3, 0.4) is 0 Å². The maximum Gasteiger partial charge on any atom is 0.243 e. The molecule has 8 rings (SSSR count). The van der Waals surface area contributed by atoms with Gasteiger partial charge in [0.25, 0.3) is 0 Å². The number of halogens is 2. The Hall–Kier alpha value is -7.62. The van der Waals surface area contributed by atoms with E-state index < -0.39 is 42.8 Å². The summed E-state index contributed by atoms with van der Waals surface area (Å²) in [7, 11) is -2.29. The zero-order valence-corrected chi connectivity index (χ0v) is 47.1. The average molecular weight is 1150 g/mol. The monoisotopic (exact) mass is 1150 g/mol. The lowest BCUT2D eigenvalue weighted by Gasteiger charge is -2.23. The van der Waals surface area contributed by atoms with Crippen molar-refractivity contribution < 1.29 is 45.3 Å². The molecule has 2 N–H and O–H groups in total. The number of aromatic nitrogens is 12. The Morgan fingerprint density at radius 1 is 0.526 bits per heavy atom. The summed E-state index contributed by atoms with van der Waals surface area (Å²) in [6.07, 6.45) is 10.2. The summed E-state index contributed by atoms with van der Waals surface area (Å²) in [6, 6.07) is 14.1. The van der Waals surface area contributed by atoms with Crippen LogP contribution < -0.4 is 28.4 Å². The average Bonchev–Trinajstić information content (AvgIpc) is 4.04. The van der Waals surface area contributed by atoms with Gasteiger partial charge in [-0.25, -0.2) is 36.8 Å². The number of nitrogens with one attached hydrogen (secondary N) is 2. The van der Waals surface area contributed by atoms with E-state index in [-0.39, 0.29) is 36.8 Å². The van der Waals surface area contributed by atoms with Crippen LogP contribution in [0.15, 0.2) is 98.1 Å². The van der Waals surface area contributed by atoms with Crippen LogP contribution in [0.2, 0.25) is 10.0 Å². The van der Waals surface area contributed by atoms with E-state index >= 15 is 0 Å². The van der Waals surface area contributed by atoms with E-state index in [1.807, 2.05) is 26.0 Å². The number of aryl methyl sites for hydroxylation is 2. The molecule has 4 atom stereocenters. The molecule has 6 aromatic heterocycles. The minimum Gasteiger partial charge on any atom is -0.494 e. The van der Waals surface area contributed by atoms with Crippen LogP contribution in [-0.2, 0) is 29.5 Å². The molecule has 0 fully saturated rings. The number of nitrogens with zero attached hydrogens (tertiary/aromatic N) is 12. The van der Waals surface area contributed by atoms with Crippen molar-refractivity contribution in [2.45, 2.75) is 64.3 Å². The third kappa shape index (κ3) is 13.0. The van der Waals surface area contributed by atoms with Crippen molar-refractivity contribution in [3.8, 4) is 57.1 Å². The van der Waals surface area contributed by atoms with E-state index in [0.29, 0.717) is 67.2 Å². The van der Waals surface area contributed by atoms with Crippen molar-refractivity contribution in [3.05, 3.63) is 131 Å². The lowest BCUT2D eigenvalue weighted by Crippen LogP contribution is -2.34. The highest BCUT2D eigenvalue weighted by atomic mass is 35.5. The number of benzene rings is 2. The Kier molecular flexibility index (Phi) is 19.1. The number of methoxy groups -OCH3 is 4. The van der Waals surface area contributed by atoms with Gasteiger partial charge in [0, 0.05) is 73.9 Å². The van der Waals surface area contributed by atoms with Crippen molar-refractivity contribution in [1.82, 2.24) is 59.4 Å². The van der Waals surface area contributed by atoms with E-state index in [1.165, 1.54) is 76.2 Å². The minimum atomic E-state index is -4.15. The van der Waals surface area contributed by atoms with E-state index in [9.17, 15) is 16.8 Å². The molecule has 78 heavy (non-hydrogen) atoms. The summed E-state index contributed by atoms with van der Waals surface area (Å²) in [5, 5.41) is 15.4. The van der Waals surface area contributed by atoms with Gasteiger partial charge in [0.1, 0.15) is 57.1 Å². The topological polar surface area (TPSA) is 286 Å². The molecule has 0 spiro atoms. The highest BCUT2D eigenvalue weighted by molar-refractivity contribution is 7.93. The second-order valence-electron chi connectivity index (χ2n) is 16.9. The smallest absolute Gasteiger partial charge is 0.243 e. The van der Waals surface area contributed by atoms with Crippen LogP contribution in [-0.4, -0.2) is 128 Å². The molecule has 6 heterocycles. The molecule has 0 aliphatic carbocycles. The minimum absolute atomic E-state index is 0.0894. The van der Waals surface area contributed by atoms with Crippen LogP contribution in [0, 0.1) is 13.8 Å². The molecule has 0 amide bonds. The van der Waals surface area contributed by atoms with Gasteiger partial charge in [-0.2, -0.15) is 0 Å². The van der Waals surface area contributed by atoms with Crippen LogP contribution in [0.4, 0.5) is 11.9 Å². The number of para-hydroxylation sites is 2. The first kappa shape index (κ1) is 58.1. The fourth-order valence-corrected chi connectivity index (χ4v) is 10.3. The van der Waals surface area contributed by atoms with Gasteiger partial charge in [0.05, 0.1) is 38.5 Å². The predicted molar refractivity (Wildman–Crippen MR) is 292 cm³/mol. The highest BCUT2D eigenvalue weighted by Gasteiger charge is 2.37. The summed E-state index contributed by atoms with van der Waals surface area (Å²) in [6.45, 7) is 10.7. The molecule has 0 bridgehead atoms. The molecule has 0 unspecified atom stereocenters. The van der Waals surface area contributed by atoms with Gasteiger partial charge in [-0.15, -0.1) is 20.4 Å². The first-order chi connectivity index (χ1) is 37.4. The molecule has 28 heteroatoms. The number of hydrogen-bond donors (Lipinski definition) is 2. The predicted octanol–water partition coefficient (Wildman–Crippen LogP) is 8.01. The van der Waals surface area contributed by atoms with Crippen molar-refractivity contribution >= 4 is 55.1 Å². The lowest BCUT2D eigenvalue weighted by molar-refractivity contribution is 0.0557. The largest absolute Gasteiger partial charge is 0.494 e. The Bertz CT molecular complexity index is 3280. The first-order valence-electron chi connectivity index (χ1n) is 23.8. The van der Waals surface area contributed by atoms with E-state index in [4.69, 9.17) is 51.6 Å². The lowest BCUT2D eigenvalue weighted by atomic mass is 10.2. The summed E-state index contributed by atoms with van der Waals surface area (Å²) in [5.41, 5.74) is 3.78. The number of ether oxygens (including phenoxy) is 6. The molecule has 412 valence electrons. The fourth-order valence-electron chi connectivity index (χ4n) is 7.86. The fraction of sp³-hybridized carbons (Fsp3) is 0.320. The summed E-state index contributed by atoms with van der Waals surface area (Å²) >= 11 is 11.8. The molecule has 0 radical (unpaired) electrons. The van der Waals surface area contributed by atoms with Gasteiger partial charge in [-0.05, 0) is 89.1 Å². The Morgan fingerprint density at radius 3 is 1.15 bits per heavy atom. The van der Waals surface area contributed by atoms with E-state index in [0.717, 1.165) is 11.1 Å². The van der Waals surface area contributed by atoms with Crippen LogP contribution in [0.1, 0.15) is 62.7 Å². The summed E-state index contributed by atoms with van der Waals surface area (Å²) in [5.74, 6) is 2.46. The molecule has 0 aliphatic rings. The van der Waals surface area contributed by atoms with Crippen LogP contribution in [0.25, 0.3) is 34.2 Å². The highest BCUT2D eigenvalue weighted by Crippen LogP contribution is 2.40. The van der Waals surface area contributed by atoms with E-state index in [1.54, 1.807) is 75.0 Å². The van der Waals surface area contributed by atoms with Gasteiger partial charge in [-0.1, -0.05) is 35.3 Å². The van der Waals surface area contributed by atoms with Gasteiger partial charge >= 0.3 is 0 Å². The number of rotatable bonds is 22. The van der Waals surface area contributed by atoms with Crippen molar-refractivity contribution in [3.63, 3.8) is 0 Å². The van der Waals surface area contributed by atoms with Gasteiger partial charge in [-0.3, -0.25) is 28.5 Å². The molecular formula is C50H56Cl2N14O10S2. The van der Waals surface area contributed by atoms with Crippen molar-refractivity contribution in [1.29, 1.82) is 0 Å². The third-order valence-electron chi connectivity index (χ3n) is 11.6. The maximum atomic E-state index is 13.7. The summed E-state index contributed by atoms with van der Waals surface area (Å²) in [4.78, 5) is 25.2. The number of hydrogen-bond acceptors (Lipinski definition) is 20. The third-order valence-corrected chi connectivity index (χ3v) is 15.4. The Balaban J connectivity index is 0.000000226. The molecular weight excluding hydrogens is 1090 g/mol. The number of pyridine rings is 2. The molecule has 2 aromatic carbocycles. The molecule has 24 nitrogen and oxygen atoms in total. The second kappa shape index (κ2) is 25.7. The van der Waals surface area contributed by atoms with Gasteiger partial charge in [0.2, 0.25) is 31.9 Å². The number of anilines is 2. The SMILES string of the molecule is CCO[C@@H](c1ncc(Cl)cn1)[C@@H](C)S(=O)(=O)Nc1nnc(-c2cncc(C)c2)n1-c1c(OC)cccc1OC.CCO[C@H](c1ncc(Cl)cn1)[C@@H](C)S(=O)(=O)Nc1nnc(-c2cncc(C)c2)n1-c1c(OC)cccc1OC. The molecule has 0 aliphatic heterocycles. The normalized spacial score (nSPS) is 13.1. The zero-order chi connectivity index (χ0) is 56.3. The standard InChI is InChI=1S/2C25H28ClN7O5S/c2*1-6-38-22(23-28-13-18(26)14-29-23)16(3)39(34,35)32-25-31-30-24(17-10-15(2)11-27-12-17)33(25)21-19(36-4)8-7-9-20(21)37-5/h2*7-14,16,22H,6H2,1-5H3,(H,31,32)/t16-,22+;16-,22-/m11/s1. The Labute approximate surface area is 461 Å². The van der Waals surface area contributed by atoms with Crippen molar-refractivity contribution in [2.24, 2.45) is 0 Å². The van der Waals surface area contributed by atoms with Gasteiger partial charge in [0.15, 0.2) is 23.3 Å². The molecule has 0 saturated carbocycles. The quantitative estimate of drug-likeness (QED) is 0.0649. The second-order valence-corrected chi connectivity index (χ2v) is 21.8. The van der Waals surface area contributed by atoms with Crippen molar-refractivity contribution in [2.75, 3.05) is 51.1 Å². The van der Waals surface area contributed by atoms with Gasteiger partial charge < -0.3 is 28.4 Å². The Morgan fingerprint density at radius 2 is 0.859 bits per heavy atom. The van der Waals surface area contributed by atoms with E-state index in [2.05, 4.69) is 59.7 Å². The number of sulfonamides is 2. The van der Waals surface area contributed by atoms with Crippen LogP contribution in [0.5, 0.6) is 23.0 Å². The zero-order valence-electron chi connectivity index (χ0n) is 44.0.